The van der Waals surface area contributed by atoms with E-state index in [0.717, 1.165) is 22.0 Å². The molecule has 0 saturated heterocycles. The summed E-state index contributed by atoms with van der Waals surface area (Å²) in [7, 11) is 3.67. The summed E-state index contributed by atoms with van der Waals surface area (Å²) in [5.41, 5.74) is 10.8. The summed E-state index contributed by atoms with van der Waals surface area (Å²) in [6.45, 7) is 0. The Morgan fingerprint density at radius 3 is 2.64 bits per heavy atom. The lowest BCUT2D eigenvalue weighted by molar-refractivity contribution is 0.601. The molecule has 2 N–H and O–H groups in total. The molecule has 5 heterocycles. The van der Waals surface area contributed by atoms with Gasteiger partial charge in [0, 0.05) is 60.8 Å². The van der Waals surface area contributed by atoms with Crippen LogP contribution in [0, 0.1) is 5.82 Å². The van der Waals surface area contributed by atoms with Gasteiger partial charge < -0.3 is 14.9 Å². The first-order valence-electron chi connectivity index (χ1n) is 11.3. The molecule has 0 unspecified atom stereocenters. The second-order valence-corrected chi connectivity index (χ2v) is 8.63. The van der Waals surface area contributed by atoms with Crippen molar-refractivity contribution in [1.82, 2.24) is 33.7 Å². The second kappa shape index (κ2) is 8.12. The lowest BCUT2D eigenvalue weighted by atomic mass is 10.00. The smallest absolute Gasteiger partial charge is 0.250 e. The van der Waals surface area contributed by atoms with Crippen molar-refractivity contribution in [2.45, 2.75) is 6.42 Å². The second-order valence-electron chi connectivity index (χ2n) is 8.63. The van der Waals surface area contributed by atoms with Crippen molar-refractivity contribution in [2.24, 2.45) is 14.1 Å². The maximum Gasteiger partial charge on any atom is 0.250 e. The Balaban J connectivity index is 1.62. The number of fused-ring (bicyclic) bond motifs is 2. The number of rotatable bonds is 4. The third-order valence-corrected chi connectivity index (χ3v) is 6.25. The molecule has 0 aliphatic heterocycles. The van der Waals surface area contributed by atoms with Gasteiger partial charge in [-0.3, -0.25) is 9.78 Å². The van der Waals surface area contributed by atoms with E-state index in [2.05, 4.69) is 10.1 Å². The standard InChI is InChI=1S/C26H21FN8O/c1-33-11-9-15-12-16(5-7-20(15)33)24-23(17-6-8-22(36)34(2)14-17)25-30-21(32-35(25)26(28)31-24)13-19-18(27)4-3-10-29-19/h3-12,14H,13H2,1-2H3,(H2,28,31). The summed E-state index contributed by atoms with van der Waals surface area (Å²) in [6, 6.07) is 14.2. The number of anilines is 1. The molecule has 36 heavy (non-hydrogen) atoms. The monoisotopic (exact) mass is 480 g/mol. The zero-order valence-corrected chi connectivity index (χ0v) is 19.6. The molecule has 0 spiro atoms. The average Bonchev–Trinajstić information content (AvgIpc) is 3.46. The zero-order chi connectivity index (χ0) is 25.0. The third kappa shape index (κ3) is 3.50. The minimum atomic E-state index is -0.433. The molecule has 0 amide bonds. The summed E-state index contributed by atoms with van der Waals surface area (Å²) in [4.78, 5) is 25.7. The largest absolute Gasteiger partial charge is 0.368 e. The minimum absolute atomic E-state index is 0.0891. The number of pyridine rings is 2. The van der Waals surface area contributed by atoms with E-state index < -0.39 is 5.82 Å². The van der Waals surface area contributed by atoms with Gasteiger partial charge in [-0.15, -0.1) is 5.10 Å². The number of hydrogen-bond donors (Lipinski definition) is 1. The van der Waals surface area contributed by atoms with Crippen LogP contribution in [0.5, 0.6) is 0 Å². The molecule has 9 nitrogen and oxygen atoms in total. The van der Waals surface area contributed by atoms with E-state index in [1.807, 2.05) is 42.1 Å². The molecule has 0 radical (unpaired) electrons. The van der Waals surface area contributed by atoms with Crippen molar-refractivity contribution in [2.75, 3.05) is 5.73 Å². The van der Waals surface area contributed by atoms with E-state index in [1.54, 1.807) is 19.3 Å². The quantitative estimate of drug-likeness (QED) is 0.415. The first-order valence-corrected chi connectivity index (χ1v) is 11.3. The number of benzene rings is 1. The van der Waals surface area contributed by atoms with Crippen LogP contribution in [-0.2, 0) is 20.5 Å². The summed E-state index contributed by atoms with van der Waals surface area (Å²) in [5, 5.41) is 5.55. The van der Waals surface area contributed by atoms with Gasteiger partial charge in [0.15, 0.2) is 11.5 Å². The first kappa shape index (κ1) is 21.7. The van der Waals surface area contributed by atoms with E-state index in [9.17, 15) is 9.18 Å². The van der Waals surface area contributed by atoms with Gasteiger partial charge in [-0.2, -0.15) is 4.52 Å². The summed E-state index contributed by atoms with van der Waals surface area (Å²) >= 11 is 0. The van der Waals surface area contributed by atoms with Crippen LogP contribution >= 0.6 is 0 Å². The molecule has 0 aliphatic rings. The summed E-state index contributed by atoms with van der Waals surface area (Å²) in [6.07, 6.45) is 5.34. The Bertz CT molecular complexity index is 1850. The molecule has 0 bridgehead atoms. The van der Waals surface area contributed by atoms with E-state index in [0.29, 0.717) is 22.7 Å². The predicted octanol–water partition coefficient (Wildman–Crippen LogP) is 3.36. The molecule has 10 heteroatoms. The molecular formula is C26H21FN8O. The number of nitrogen functional groups attached to an aromatic ring is 1. The lowest BCUT2D eigenvalue weighted by Gasteiger charge is -2.13. The number of halogens is 1. The Labute approximate surface area is 204 Å². The number of aromatic nitrogens is 7. The van der Waals surface area contributed by atoms with Gasteiger partial charge in [0.05, 0.1) is 23.4 Å². The SMILES string of the molecule is Cn1cc(-c2c(-c3ccc4c(ccn4C)c3)nc(N)n3nc(Cc4ncccc4F)nc23)ccc1=O. The molecule has 0 fully saturated rings. The van der Waals surface area contributed by atoms with E-state index >= 15 is 0 Å². The Kier molecular flexibility index (Phi) is 4.89. The molecule has 0 saturated carbocycles. The highest BCUT2D eigenvalue weighted by atomic mass is 19.1. The van der Waals surface area contributed by atoms with Gasteiger partial charge >= 0.3 is 0 Å². The van der Waals surface area contributed by atoms with Crippen LogP contribution in [0.4, 0.5) is 10.3 Å². The molecular weight excluding hydrogens is 459 g/mol. The van der Waals surface area contributed by atoms with Crippen molar-refractivity contribution < 1.29 is 4.39 Å². The topological polar surface area (TPSA) is 109 Å². The van der Waals surface area contributed by atoms with Crippen molar-refractivity contribution in [3.8, 4) is 22.4 Å². The normalized spacial score (nSPS) is 11.5. The lowest BCUT2D eigenvalue weighted by Crippen LogP contribution is -2.14. The Hall–Kier alpha value is -4.86. The van der Waals surface area contributed by atoms with Gasteiger partial charge in [-0.05, 0) is 36.4 Å². The zero-order valence-electron chi connectivity index (χ0n) is 19.6. The molecule has 0 aliphatic carbocycles. The highest BCUT2D eigenvalue weighted by Crippen LogP contribution is 2.35. The number of nitrogens with zero attached hydrogens (tertiary/aromatic N) is 7. The van der Waals surface area contributed by atoms with Crippen molar-refractivity contribution in [1.29, 1.82) is 0 Å². The van der Waals surface area contributed by atoms with Crippen LogP contribution in [0.1, 0.15) is 11.5 Å². The van der Waals surface area contributed by atoms with Gasteiger partial charge in [-0.25, -0.2) is 14.4 Å². The van der Waals surface area contributed by atoms with E-state index in [1.165, 1.54) is 33.5 Å². The van der Waals surface area contributed by atoms with Gasteiger partial charge in [0.1, 0.15) is 5.82 Å². The maximum atomic E-state index is 14.3. The fourth-order valence-electron chi connectivity index (χ4n) is 4.42. The van der Waals surface area contributed by atoms with Crippen LogP contribution in [0.3, 0.4) is 0 Å². The summed E-state index contributed by atoms with van der Waals surface area (Å²) in [5.74, 6) is 0.0578. The Morgan fingerprint density at radius 1 is 1.00 bits per heavy atom. The molecule has 6 rings (SSSR count). The van der Waals surface area contributed by atoms with Gasteiger partial charge in [0.25, 0.3) is 0 Å². The van der Waals surface area contributed by atoms with Crippen LogP contribution in [0.2, 0.25) is 0 Å². The van der Waals surface area contributed by atoms with Gasteiger partial charge in [0.2, 0.25) is 11.5 Å². The van der Waals surface area contributed by atoms with E-state index in [4.69, 9.17) is 15.7 Å². The van der Waals surface area contributed by atoms with Crippen LogP contribution in [0.25, 0.3) is 38.9 Å². The van der Waals surface area contributed by atoms with Crippen molar-refractivity contribution in [3.63, 3.8) is 0 Å². The molecule has 178 valence electrons. The highest BCUT2D eigenvalue weighted by molar-refractivity contribution is 5.93. The number of nitrogens with two attached hydrogens (primary N) is 1. The molecule has 0 atom stereocenters. The van der Waals surface area contributed by atoms with E-state index in [-0.39, 0.29) is 23.6 Å². The predicted molar refractivity (Wildman–Crippen MR) is 135 cm³/mol. The minimum Gasteiger partial charge on any atom is -0.368 e. The van der Waals surface area contributed by atoms with Crippen molar-refractivity contribution in [3.05, 3.63) is 94.8 Å². The van der Waals surface area contributed by atoms with Crippen LogP contribution in [0.15, 0.2) is 71.9 Å². The molecule has 1 aromatic carbocycles. The van der Waals surface area contributed by atoms with Crippen molar-refractivity contribution >= 4 is 22.5 Å². The Morgan fingerprint density at radius 2 is 1.83 bits per heavy atom. The number of aryl methyl sites for hydroxylation is 2. The number of hydrogen-bond acceptors (Lipinski definition) is 6. The molecule has 6 aromatic rings. The van der Waals surface area contributed by atoms with Crippen LogP contribution < -0.4 is 11.3 Å². The maximum absolute atomic E-state index is 14.3. The first-order chi connectivity index (χ1) is 17.4. The fraction of sp³-hybridized carbons (Fsp3) is 0.115. The third-order valence-electron chi connectivity index (χ3n) is 6.25. The fourth-order valence-corrected chi connectivity index (χ4v) is 4.42. The summed E-state index contributed by atoms with van der Waals surface area (Å²) < 4.78 is 19.2. The van der Waals surface area contributed by atoms with Gasteiger partial charge in [-0.1, -0.05) is 6.07 Å². The highest BCUT2D eigenvalue weighted by Gasteiger charge is 2.21. The van der Waals surface area contributed by atoms with Crippen LogP contribution in [-0.4, -0.2) is 33.7 Å². The molecule has 5 aromatic heterocycles. The average molecular weight is 481 g/mol.